The molecule has 0 spiro atoms. The first kappa shape index (κ1) is 17.3. The monoisotopic (exact) mass is 324 g/mol. The molecule has 0 unspecified atom stereocenters. The third-order valence-electron chi connectivity index (χ3n) is 3.06. The van der Waals surface area contributed by atoms with Crippen LogP contribution in [0.2, 0.25) is 0 Å². The highest BCUT2D eigenvalue weighted by atomic mass is 16.5. The van der Waals surface area contributed by atoms with Crippen molar-refractivity contribution in [2.24, 2.45) is 5.10 Å². The molecule has 0 aliphatic rings. The average Bonchev–Trinajstić information content (AvgIpc) is 2.62. The Morgan fingerprint density at radius 3 is 2.62 bits per heavy atom. The molecular weight excluding hydrogens is 304 g/mol. The second-order valence-corrected chi connectivity index (χ2v) is 4.80. The Hall–Kier alpha value is -3.08. The number of amides is 1. The number of nitrogens with one attached hydrogen (secondary N) is 1. The van der Waals surface area contributed by atoms with Gasteiger partial charge in [-0.1, -0.05) is 24.8 Å². The summed E-state index contributed by atoms with van der Waals surface area (Å²) in [5, 5.41) is 3.97. The van der Waals surface area contributed by atoms with E-state index in [0.29, 0.717) is 24.5 Å². The summed E-state index contributed by atoms with van der Waals surface area (Å²) in [4.78, 5) is 12.2. The molecule has 0 atom stereocenters. The van der Waals surface area contributed by atoms with Gasteiger partial charge in [0.15, 0.2) is 0 Å². The van der Waals surface area contributed by atoms with Crippen molar-refractivity contribution in [1.82, 2.24) is 5.43 Å². The summed E-state index contributed by atoms with van der Waals surface area (Å²) < 4.78 is 10.8. The summed E-state index contributed by atoms with van der Waals surface area (Å²) in [5.74, 6) is 0.954. The number of hydrogen-bond acceptors (Lipinski definition) is 4. The first-order valence-corrected chi connectivity index (χ1v) is 7.63. The Morgan fingerprint density at radius 1 is 1.17 bits per heavy atom. The number of carbonyl (C=O) groups is 1. The van der Waals surface area contributed by atoms with Crippen LogP contribution in [-0.2, 0) is 0 Å². The number of hydrogen-bond donors (Lipinski definition) is 1. The van der Waals surface area contributed by atoms with E-state index in [9.17, 15) is 4.79 Å². The lowest BCUT2D eigenvalue weighted by atomic mass is 10.2. The summed E-state index contributed by atoms with van der Waals surface area (Å²) in [7, 11) is 0. The van der Waals surface area contributed by atoms with E-state index in [0.717, 1.165) is 11.3 Å². The zero-order valence-corrected chi connectivity index (χ0v) is 13.6. The van der Waals surface area contributed by atoms with Crippen molar-refractivity contribution in [3.63, 3.8) is 0 Å². The maximum absolute atomic E-state index is 12.2. The zero-order valence-electron chi connectivity index (χ0n) is 13.6. The van der Waals surface area contributed by atoms with E-state index >= 15 is 0 Å². The molecule has 5 heteroatoms. The quantitative estimate of drug-likeness (QED) is 0.460. The number of nitrogens with zero attached hydrogens (tertiary/aromatic N) is 1. The summed E-state index contributed by atoms with van der Waals surface area (Å²) in [6.45, 7) is 6.48. The molecule has 2 aromatic rings. The van der Waals surface area contributed by atoms with Gasteiger partial charge in [-0.2, -0.15) is 5.10 Å². The molecule has 1 N–H and O–H groups in total. The second kappa shape index (κ2) is 9.15. The van der Waals surface area contributed by atoms with Crippen LogP contribution >= 0.6 is 0 Å². The van der Waals surface area contributed by atoms with E-state index in [1.54, 1.807) is 36.6 Å². The number of hydrazone groups is 1. The van der Waals surface area contributed by atoms with Gasteiger partial charge < -0.3 is 9.47 Å². The van der Waals surface area contributed by atoms with E-state index in [1.165, 1.54) is 0 Å². The molecule has 0 saturated carbocycles. The summed E-state index contributed by atoms with van der Waals surface area (Å²) >= 11 is 0. The first-order chi connectivity index (χ1) is 11.7. The lowest BCUT2D eigenvalue weighted by Crippen LogP contribution is -2.18. The van der Waals surface area contributed by atoms with Gasteiger partial charge in [0.05, 0.1) is 18.4 Å². The van der Waals surface area contributed by atoms with Crippen molar-refractivity contribution in [1.29, 1.82) is 0 Å². The van der Waals surface area contributed by atoms with Gasteiger partial charge in [-0.05, 0) is 48.9 Å². The normalized spacial score (nSPS) is 10.4. The molecule has 24 heavy (non-hydrogen) atoms. The maximum atomic E-state index is 12.2. The minimum absolute atomic E-state index is 0.333. The molecule has 0 fully saturated rings. The van der Waals surface area contributed by atoms with Gasteiger partial charge in [0.2, 0.25) is 0 Å². The molecular formula is C19H20N2O3. The fraction of sp³-hybridized carbons (Fsp3) is 0.158. The van der Waals surface area contributed by atoms with Crippen molar-refractivity contribution in [3.8, 4) is 11.5 Å². The smallest absolute Gasteiger partial charge is 0.275 e. The predicted octanol–water partition coefficient (Wildman–Crippen LogP) is 3.41. The van der Waals surface area contributed by atoms with Crippen LogP contribution < -0.4 is 14.9 Å². The minimum Gasteiger partial charge on any atom is -0.494 e. The highest BCUT2D eigenvalue weighted by Gasteiger charge is 2.10. The predicted molar refractivity (Wildman–Crippen MR) is 94.8 cm³/mol. The van der Waals surface area contributed by atoms with Gasteiger partial charge in [-0.15, -0.1) is 0 Å². The van der Waals surface area contributed by atoms with Crippen LogP contribution in [0.3, 0.4) is 0 Å². The number of rotatable bonds is 8. The highest BCUT2D eigenvalue weighted by Crippen LogP contribution is 2.17. The van der Waals surface area contributed by atoms with Gasteiger partial charge >= 0.3 is 0 Å². The van der Waals surface area contributed by atoms with Crippen molar-refractivity contribution in [3.05, 3.63) is 72.3 Å². The lowest BCUT2D eigenvalue weighted by Gasteiger charge is -2.08. The fourth-order valence-corrected chi connectivity index (χ4v) is 1.97. The van der Waals surface area contributed by atoms with E-state index in [1.807, 2.05) is 31.2 Å². The van der Waals surface area contributed by atoms with E-state index < -0.39 is 0 Å². The highest BCUT2D eigenvalue weighted by molar-refractivity contribution is 5.97. The minimum atomic E-state index is -0.336. The van der Waals surface area contributed by atoms with Gasteiger partial charge in [0.25, 0.3) is 5.91 Å². The van der Waals surface area contributed by atoms with Crippen molar-refractivity contribution in [2.45, 2.75) is 6.92 Å². The van der Waals surface area contributed by atoms with Gasteiger partial charge in [0, 0.05) is 0 Å². The molecule has 0 heterocycles. The van der Waals surface area contributed by atoms with Crippen LogP contribution in [-0.4, -0.2) is 25.3 Å². The van der Waals surface area contributed by atoms with Crippen LogP contribution in [0.5, 0.6) is 11.5 Å². The SMILES string of the molecule is C=CCOc1ccccc1C(=O)N/N=C/c1ccc(OCC)cc1. The number of ether oxygens (including phenoxy) is 2. The Kier molecular flexibility index (Phi) is 6.58. The standard InChI is InChI=1S/C19H20N2O3/c1-3-13-24-18-8-6-5-7-17(18)19(22)21-20-14-15-9-11-16(12-10-15)23-4-2/h3,5-12,14H,1,4,13H2,2H3,(H,21,22)/b20-14+. The first-order valence-electron chi connectivity index (χ1n) is 7.63. The van der Waals surface area contributed by atoms with Gasteiger partial charge in [-0.3, -0.25) is 4.79 Å². The van der Waals surface area contributed by atoms with Gasteiger partial charge in [0.1, 0.15) is 18.1 Å². The Bertz CT molecular complexity index is 709. The molecule has 0 aliphatic carbocycles. The molecule has 0 bridgehead atoms. The Morgan fingerprint density at radius 2 is 1.92 bits per heavy atom. The average molecular weight is 324 g/mol. The molecule has 0 radical (unpaired) electrons. The van der Waals surface area contributed by atoms with Crippen molar-refractivity contribution in [2.75, 3.05) is 13.2 Å². The van der Waals surface area contributed by atoms with E-state index in [2.05, 4.69) is 17.1 Å². The molecule has 124 valence electrons. The third kappa shape index (κ3) is 4.98. The van der Waals surface area contributed by atoms with E-state index in [-0.39, 0.29) is 5.91 Å². The van der Waals surface area contributed by atoms with Gasteiger partial charge in [-0.25, -0.2) is 5.43 Å². The zero-order chi connectivity index (χ0) is 17.2. The van der Waals surface area contributed by atoms with E-state index in [4.69, 9.17) is 9.47 Å². The number of carbonyl (C=O) groups excluding carboxylic acids is 1. The second-order valence-electron chi connectivity index (χ2n) is 4.80. The summed E-state index contributed by atoms with van der Waals surface area (Å²) in [6, 6.07) is 14.4. The molecule has 0 aliphatic heterocycles. The molecule has 5 nitrogen and oxygen atoms in total. The number of para-hydroxylation sites is 1. The van der Waals surface area contributed by atoms with Crippen LogP contribution in [0.15, 0.2) is 66.3 Å². The molecule has 0 saturated heterocycles. The summed E-state index contributed by atoms with van der Waals surface area (Å²) in [5.41, 5.74) is 3.77. The van der Waals surface area contributed by atoms with Crippen molar-refractivity contribution < 1.29 is 14.3 Å². The molecule has 2 rings (SSSR count). The van der Waals surface area contributed by atoms with Crippen molar-refractivity contribution >= 4 is 12.1 Å². The topological polar surface area (TPSA) is 59.9 Å². The van der Waals surface area contributed by atoms with Crippen LogP contribution in [0.1, 0.15) is 22.8 Å². The molecule has 0 aromatic heterocycles. The largest absolute Gasteiger partial charge is 0.494 e. The fourth-order valence-electron chi connectivity index (χ4n) is 1.97. The Balaban J connectivity index is 1.98. The summed E-state index contributed by atoms with van der Waals surface area (Å²) in [6.07, 6.45) is 3.19. The maximum Gasteiger partial charge on any atom is 0.275 e. The van der Waals surface area contributed by atoms with Crippen LogP contribution in [0, 0.1) is 0 Å². The van der Waals surface area contributed by atoms with Crippen LogP contribution in [0.25, 0.3) is 0 Å². The van der Waals surface area contributed by atoms with Crippen LogP contribution in [0.4, 0.5) is 0 Å². The number of benzene rings is 2. The molecule has 1 amide bonds. The molecule has 2 aromatic carbocycles. The Labute approximate surface area is 141 Å². The lowest BCUT2D eigenvalue weighted by molar-refractivity contribution is 0.0951. The third-order valence-corrected chi connectivity index (χ3v) is 3.06.